The molecule has 0 unspecified atom stereocenters. The number of anilines is 2. The number of nitrogens with one attached hydrogen (secondary N) is 2. The molecule has 0 radical (unpaired) electrons. The molecule has 0 fully saturated rings. The highest BCUT2D eigenvalue weighted by Crippen LogP contribution is 2.21. The second-order valence-electron chi connectivity index (χ2n) is 5.94. The van der Waals surface area contributed by atoms with E-state index < -0.39 is 14.9 Å². The minimum absolute atomic E-state index is 0.0953. The first-order chi connectivity index (χ1) is 12.8. The minimum Gasteiger partial charge on any atom is -0.326 e. The molecule has 2 aromatic carbocycles. The first kappa shape index (κ1) is 20.4. The van der Waals surface area contributed by atoms with Crippen LogP contribution < -0.4 is 10.0 Å². The van der Waals surface area contributed by atoms with Crippen LogP contribution >= 0.6 is 0 Å². The average molecular weight is 391 g/mol. The number of nitro groups is 1. The number of rotatable bonds is 9. The van der Waals surface area contributed by atoms with E-state index in [-0.39, 0.29) is 22.2 Å². The summed E-state index contributed by atoms with van der Waals surface area (Å²) in [7, 11) is -3.90. The number of unbranched alkanes of at least 4 members (excludes halogenated alkanes) is 2. The average Bonchev–Trinajstić information content (AvgIpc) is 2.62. The molecule has 27 heavy (non-hydrogen) atoms. The van der Waals surface area contributed by atoms with Crippen LogP contribution in [0.2, 0.25) is 0 Å². The Labute approximate surface area is 157 Å². The molecule has 8 nitrogen and oxygen atoms in total. The molecule has 0 bridgehead atoms. The standard InChI is InChI=1S/C18H21N3O5S/c1-2-3-4-8-18(22)19-14-6-5-7-15(13-14)20-27(25,26)17-11-9-16(10-12-17)21(23)24/h5-7,9-13,20H,2-4,8H2,1H3,(H,19,22). The summed E-state index contributed by atoms with van der Waals surface area (Å²) in [5.74, 6) is -0.126. The Bertz CT molecular complexity index is 911. The molecule has 9 heteroatoms. The third-order valence-electron chi connectivity index (χ3n) is 3.76. The van der Waals surface area contributed by atoms with Crippen LogP contribution in [0.25, 0.3) is 0 Å². The van der Waals surface area contributed by atoms with Gasteiger partial charge in [0.1, 0.15) is 0 Å². The van der Waals surface area contributed by atoms with Crippen molar-refractivity contribution in [2.45, 2.75) is 37.5 Å². The molecule has 0 aliphatic rings. The van der Waals surface area contributed by atoms with Crippen molar-refractivity contribution in [1.29, 1.82) is 0 Å². The Kier molecular flexibility index (Phi) is 6.89. The van der Waals surface area contributed by atoms with Crippen LogP contribution in [-0.2, 0) is 14.8 Å². The van der Waals surface area contributed by atoms with E-state index in [9.17, 15) is 23.3 Å². The molecule has 0 atom stereocenters. The Morgan fingerprint density at radius 3 is 2.37 bits per heavy atom. The van der Waals surface area contributed by atoms with E-state index in [4.69, 9.17) is 0 Å². The van der Waals surface area contributed by atoms with E-state index >= 15 is 0 Å². The maximum Gasteiger partial charge on any atom is 0.269 e. The highest BCUT2D eigenvalue weighted by atomic mass is 32.2. The zero-order valence-electron chi connectivity index (χ0n) is 14.8. The number of amides is 1. The van der Waals surface area contributed by atoms with Crippen molar-refractivity contribution in [2.24, 2.45) is 0 Å². The monoisotopic (exact) mass is 391 g/mol. The van der Waals surface area contributed by atoms with Crippen LogP contribution in [0.4, 0.5) is 17.1 Å². The van der Waals surface area contributed by atoms with Crippen molar-refractivity contribution < 1.29 is 18.1 Å². The lowest BCUT2D eigenvalue weighted by atomic mass is 10.2. The van der Waals surface area contributed by atoms with Crippen LogP contribution in [0.15, 0.2) is 53.4 Å². The first-order valence-electron chi connectivity index (χ1n) is 8.49. The van der Waals surface area contributed by atoms with E-state index in [1.807, 2.05) is 0 Å². The Balaban J connectivity index is 2.08. The van der Waals surface area contributed by atoms with Crippen molar-refractivity contribution in [3.05, 3.63) is 58.6 Å². The summed E-state index contributed by atoms with van der Waals surface area (Å²) in [6, 6.07) is 10.9. The van der Waals surface area contributed by atoms with Crippen LogP contribution in [0.1, 0.15) is 32.6 Å². The summed E-state index contributed by atoms with van der Waals surface area (Å²) in [6.07, 6.45) is 3.21. The van der Waals surface area contributed by atoms with Crippen molar-refractivity contribution in [1.82, 2.24) is 0 Å². The zero-order chi connectivity index (χ0) is 19.9. The fourth-order valence-corrected chi connectivity index (χ4v) is 3.43. The summed E-state index contributed by atoms with van der Waals surface area (Å²) in [5, 5.41) is 13.4. The topological polar surface area (TPSA) is 118 Å². The minimum atomic E-state index is -3.90. The van der Waals surface area contributed by atoms with Crippen LogP contribution in [0.5, 0.6) is 0 Å². The molecule has 2 rings (SSSR count). The van der Waals surface area contributed by atoms with Crippen LogP contribution in [0, 0.1) is 10.1 Å². The molecule has 0 heterocycles. The van der Waals surface area contributed by atoms with Gasteiger partial charge in [-0.05, 0) is 36.8 Å². The third-order valence-corrected chi connectivity index (χ3v) is 5.16. The smallest absolute Gasteiger partial charge is 0.269 e. The quantitative estimate of drug-likeness (QED) is 0.381. The second kappa shape index (κ2) is 9.13. The number of benzene rings is 2. The molecule has 0 spiro atoms. The number of carbonyl (C=O) groups is 1. The Hall–Kier alpha value is -2.94. The van der Waals surface area contributed by atoms with E-state index in [1.54, 1.807) is 18.2 Å². The molecule has 0 aromatic heterocycles. The number of non-ortho nitro benzene ring substituents is 1. The molecule has 0 aliphatic heterocycles. The molecule has 2 aromatic rings. The molecule has 0 saturated heterocycles. The number of sulfonamides is 1. The van der Waals surface area contributed by atoms with Gasteiger partial charge < -0.3 is 5.32 Å². The number of hydrogen-bond acceptors (Lipinski definition) is 5. The SMILES string of the molecule is CCCCCC(=O)Nc1cccc(NS(=O)(=O)c2ccc([N+](=O)[O-])cc2)c1. The molecule has 144 valence electrons. The summed E-state index contributed by atoms with van der Waals surface area (Å²) < 4.78 is 27.2. The van der Waals surface area contributed by atoms with Gasteiger partial charge in [-0.2, -0.15) is 0 Å². The van der Waals surface area contributed by atoms with Gasteiger partial charge >= 0.3 is 0 Å². The number of nitro benzene ring substituents is 1. The molecule has 0 aliphatic carbocycles. The van der Waals surface area contributed by atoms with E-state index in [0.717, 1.165) is 31.4 Å². The van der Waals surface area contributed by atoms with Gasteiger partial charge in [-0.25, -0.2) is 8.42 Å². The highest BCUT2D eigenvalue weighted by molar-refractivity contribution is 7.92. The van der Waals surface area contributed by atoms with Gasteiger partial charge in [0.15, 0.2) is 0 Å². The van der Waals surface area contributed by atoms with Gasteiger partial charge in [0.2, 0.25) is 5.91 Å². The fourth-order valence-electron chi connectivity index (χ4n) is 2.38. The lowest BCUT2D eigenvalue weighted by Gasteiger charge is -2.10. The predicted molar refractivity (Wildman–Crippen MR) is 103 cm³/mol. The van der Waals surface area contributed by atoms with Crippen molar-refractivity contribution >= 4 is 33.0 Å². The summed E-state index contributed by atoms with van der Waals surface area (Å²) in [6.45, 7) is 2.05. The summed E-state index contributed by atoms with van der Waals surface area (Å²) in [5.41, 5.74) is 0.571. The van der Waals surface area contributed by atoms with E-state index in [1.165, 1.54) is 18.2 Å². The van der Waals surface area contributed by atoms with Gasteiger partial charge in [-0.3, -0.25) is 19.6 Å². The Morgan fingerprint density at radius 2 is 1.74 bits per heavy atom. The number of nitrogens with zero attached hydrogens (tertiary/aromatic N) is 1. The fraction of sp³-hybridized carbons (Fsp3) is 0.278. The lowest BCUT2D eigenvalue weighted by molar-refractivity contribution is -0.384. The normalized spacial score (nSPS) is 11.0. The first-order valence-corrected chi connectivity index (χ1v) is 9.97. The number of carbonyl (C=O) groups excluding carboxylic acids is 1. The van der Waals surface area contributed by atoms with Crippen molar-refractivity contribution in [3.8, 4) is 0 Å². The largest absolute Gasteiger partial charge is 0.326 e. The molecule has 0 saturated carbocycles. The van der Waals surface area contributed by atoms with E-state index in [0.29, 0.717) is 12.1 Å². The van der Waals surface area contributed by atoms with Gasteiger partial charge in [0, 0.05) is 24.2 Å². The van der Waals surface area contributed by atoms with Gasteiger partial charge in [0.25, 0.3) is 15.7 Å². The zero-order valence-corrected chi connectivity index (χ0v) is 15.7. The van der Waals surface area contributed by atoms with Gasteiger partial charge in [-0.15, -0.1) is 0 Å². The van der Waals surface area contributed by atoms with E-state index in [2.05, 4.69) is 17.0 Å². The third kappa shape index (κ3) is 6.07. The number of hydrogen-bond donors (Lipinski definition) is 2. The maximum atomic E-state index is 12.4. The lowest BCUT2D eigenvalue weighted by Crippen LogP contribution is -2.14. The molecule has 1 amide bonds. The van der Waals surface area contributed by atoms with Crippen molar-refractivity contribution in [3.63, 3.8) is 0 Å². The Morgan fingerprint density at radius 1 is 1.07 bits per heavy atom. The molecular formula is C18H21N3O5S. The highest BCUT2D eigenvalue weighted by Gasteiger charge is 2.16. The van der Waals surface area contributed by atoms with Gasteiger partial charge in [-0.1, -0.05) is 25.8 Å². The summed E-state index contributed by atoms with van der Waals surface area (Å²) >= 11 is 0. The molecule has 2 N–H and O–H groups in total. The molecular weight excluding hydrogens is 370 g/mol. The van der Waals surface area contributed by atoms with Crippen LogP contribution in [-0.4, -0.2) is 19.2 Å². The second-order valence-corrected chi connectivity index (χ2v) is 7.62. The predicted octanol–water partition coefficient (Wildman–Crippen LogP) is 3.91. The summed E-state index contributed by atoms with van der Waals surface area (Å²) in [4.78, 5) is 21.9. The van der Waals surface area contributed by atoms with Gasteiger partial charge in [0.05, 0.1) is 15.5 Å². The maximum absolute atomic E-state index is 12.4. The van der Waals surface area contributed by atoms with Crippen molar-refractivity contribution in [2.75, 3.05) is 10.0 Å². The van der Waals surface area contributed by atoms with Crippen LogP contribution in [0.3, 0.4) is 0 Å².